The third kappa shape index (κ3) is 2.72. The molecule has 21 heavy (non-hydrogen) atoms. The topological polar surface area (TPSA) is 34.1 Å². The van der Waals surface area contributed by atoms with Crippen molar-refractivity contribution in [3.05, 3.63) is 46.6 Å². The normalized spacial score (nSPS) is 27.0. The molecule has 2 aliphatic rings. The number of carbonyl (C=O) groups excluding carboxylic acids is 2. The zero-order valence-electron chi connectivity index (χ0n) is 13.8. The van der Waals surface area contributed by atoms with Gasteiger partial charge in [0.05, 0.1) is 0 Å². The largest absolute Gasteiger partial charge is 0.294 e. The van der Waals surface area contributed by atoms with Crippen molar-refractivity contribution >= 4 is 11.6 Å². The fourth-order valence-corrected chi connectivity index (χ4v) is 3.06. The summed E-state index contributed by atoms with van der Waals surface area (Å²) in [7, 11) is 0. The Balaban J connectivity index is 2.44. The molecule has 0 aromatic heterocycles. The van der Waals surface area contributed by atoms with Crippen LogP contribution in [-0.4, -0.2) is 11.6 Å². The quantitative estimate of drug-likeness (QED) is 0.761. The second kappa shape index (κ2) is 5.25. The van der Waals surface area contributed by atoms with E-state index < -0.39 is 0 Å². The smallest absolute Gasteiger partial charge is 0.165 e. The van der Waals surface area contributed by atoms with Crippen LogP contribution in [0, 0.1) is 17.3 Å². The monoisotopic (exact) mass is 284 g/mol. The molecule has 0 saturated carbocycles. The molecule has 112 valence electrons. The van der Waals surface area contributed by atoms with Crippen LogP contribution in [0.3, 0.4) is 0 Å². The standard InChI is InChI=1S/C19H24O2/c1-11-7-15(8-12(2)17(11)20)19(5,6)16-9-13(3)18(21)14(4)10-16/h7-11,13H,1-6H3. The van der Waals surface area contributed by atoms with Crippen molar-refractivity contribution in [2.75, 3.05) is 0 Å². The number of rotatable bonds is 2. The average molecular weight is 284 g/mol. The number of allylic oxidation sites excluding steroid dienone is 8. The van der Waals surface area contributed by atoms with Gasteiger partial charge in [-0.15, -0.1) is 0 Å². The highest BCUT2D eigenvalue weighted by molar-refractivity contribution is 6.00. The first-order valence-electron chi connectivity index (χ1n) is 7.54. The van der Waals surface area contributed by atoms with Crippen molar-refractivity contribution in [3.63, 3.8) is 0 Å². The van der Waals surface area contributed by atoms with Gasteiger partial charge in [0.25, 0.3) is 0 Å². The molecule has 2 nitrogen and oxygen atoms in total. The number of hydrogen-bond donors (Lipinski definition) is 0. The van der Waals surface area contributed by atoms with Gasteiger partial charge in [-0.25, -0.2) is 0 Å². The summed E-state index contributed by atoms with van der Waals surface area (Å²) >= 11 is 0. The molecule has 0 fully saturated rings. The molecule has 2 heteroatoms. The zero-order chi connectivity index (χ0) is 15.9. The minimum atomic E-state index is -0.202. The SMILES string of the molecule is CC1=CC(C(C)(C)C2=CC(C)C(=O)C(C)=C2)=CC(C)C1=O. The lowest BCUT2D eigenvalue weighted by Gasteiger charge is -2.33. The maximum absolute atomic E-state index is 11.9. The van der Waals surface area contributed by atoms with Crippen molar-refractivity contribution in [2.45, 2.75) is 41.5 Å². The van der Waals surface area contributed by atoms with Gasteiger partial charge in [-0.3, -0.25) is 9.59 Å². The summed E-state index contributed by atoms with van der Waals surface area (Å²) in [6.07, 6.45) is 8.10. The lowest BCUT2D eigenvalue weighted by atomic mass is 9.70. The van der Waals surface area contributed by atoms with Crippen LogP contribution in [0.1, 0.15) is 41.5 Å². The third-order valence-corrected chi connectivity index (χ3v) is 4.65. The highest BCUT2D eigenvalue weighted by atomic mass is 16.1. The summed E-state index contributed by atoms with van der Waals surface area (Å²) in [6.45, 7) is 12.0. The van der Waals surface area contributed by atoms with Crippen LogP contribution in [-0.2, 0) is 9.59 Å². The number of carbonyl (C=O) groups is 2. The Morgan fingerprint density at radius 1 is 0.810 bits per heavy atom. The Labute approximate surface area is 127 Å². The highest BCUT2D eigenvalue weighted by Gasteiger charge is 2.32. The first-order valence-corrected chi connectivity index (χ1v) is 7.54. The van der Waals surface area contributed by atoms with E-state index in [-0.39, 0.29) is 28.8 Å². The molecule has 2 aliphatic carbocycles. The van der Waals surface area contributed by atoms with E-state index in [1.54, 1.807) is 0 Å². The summed E-state index contributed by atoms with van der Waals surface area (Å²) in [6, 6.07) is 0. The number of hydrogen-bond acceptors (Lipinski definition) is 2. The molecule has 0 radical (unpaired) electrons. The predicted molar refractivity (Wildman–Crippen MR) is 85.8 cm³/mol. The first kappa shape index (κ1) is 15.7. The molecular weight excluding hydrogens is 260 g/mol. The molecule has 0 bridgehead atoms. The van der Waals surface area contributed by atoms with Crippen LogP contribution < -0.4 is 0 Å². The van der Waals surface area contributed by atoms with Crippen LogP contribution in [0.4, 0.5) is 0 Å². The van der Waals surface area contributed by atoms with Crippen LogP contribution in [0.2, 0.25) is 0 Å². The van der Waals surface area contributed by atoms with Crippen molar-refractivity contribution < 1.29 is 9.59 Å². The number of ketones is 2. The fourth-order valence-electron chi connectivity index (χ4n) is 3.06. The Kier molecular flexibility index (Phi) is 3.92. The Bertz CT molecular complexity index is 570. The second-order valence-corrected chi connectivity index (χ2v) is 6.83. The summed E-state index contributed by atoms with van der Waals surface area (Å²) < 4.78 is 0. The van der Waals surface area contributed by atoms with E-state index in [0.717, 1.165) is 22.3 Å². The van der Waals surface area contributed by atoms with Crippen LogP contribution in [0.25, 0.3) is 0 Å². The van der Waals surface area contributed by atoms with E-state index in [0.29, 0.717) is 0 Å². The van der Waals surface area contributed by atoms with Gasteiger partial charge in [0, 0.05) is 17.3 Å². The van der Waals surface area contributed by atoms with Gasteiger partial charge < -0.3 is 0 Å². The Morgan fingerprint density at radius 2 is 1.14 bits per heavy atom. The van der Waals surface area contributed by atoms with E-state index >= 15 is 0 Å². The molecule has 0 aromatic carbocycles. The molecule has 0 N–H and O–H groups in total. The van der Waals surface area contributed by atoms with Crippen molar-refractivity contribution in [1.82, 2.24) is 0 Å². The van der Waals surface area contributed by atoms with Crippen LogP contribution in [0.15, 0.2) is 46.6 Å². The summed E-state index contributed by atoms with van der Waals surface area (Å²) in [4.78, 5) is 23.9. The van der Waals surface area contributed by atoms with Gasteiger partial charge in [-0.1, -0.05) is 52.0 Å². The Hall–Kier alpha value is -1.70. The molecule has 0 aliphatic heterocycles. The van der Waals surface area contributed by atoms with E-state index in [4.69, 9.17) is 0 Å². The molecule has 0 amide bonds. The lowest BCUT2D eigenvalue weighted by molar-refractivity contribution is -0.118. The molecule has 2 atom stereocenters. The van der Waals surface area contributed by atoms with E-state index in [1.165, 1.54) is 0 Å². The molecule has 0 spiro atoms. The average Bonchev–Trinajstić information content (AvgIpc) is 2.40. The van der Waals surface area contributed by atoms with E-state index in [2.05, 4.69) is 26.0 Å². The van der Waals surface area contributed by atoms with Gasteiger partial charge in [0.2, 0.25) is 0 Å². The van der Waals surface area contributed by atoms with E-state index in [9.17, 15) is 9.59 Å². The maximum atomic E-state index is 11.9. The van der Waals surface area contributed by atoms with Gasteiger partial charge in [-0.05, 0) is 36.1 Å². The Morgan fingerprint density at radius 3 is 1.43 bits per heavy atom. The van der Waals surface area contributed by atoms with Crippen molar-refractivity contribution in [2.24, 2.45) is 17.3 Å². The fraction of sp³-hybridized carbons (Fsp3) is 0.474. The van der Waals surface area contributed by atoms with Crippen LogP contribution >= 0.6 is 0 Å². The molecule has 0 aromatic rings. The maximum Gasteiger partial charge on any atom is 0.165 e. The predicted octanol–water partition coefficient (Wildman–Crippen LogP) is 4.20. The summed E-state index contributed by atoms with van der Waals surface area (Å²) in [5.41, 5.74) is 3.74. The van der Waals surface area contributed by atoms with Gasteiger partial charge in [0.15, 0.2) is 11.6 Å². The van der Waals surface area contributed by atoms with Crippen molar-refractivity contribution in [3.8, 4) is 0 Å². The third-order valence-electron chi connectivity index (χ3n) is 4.65. The molecule has 0 saturated heterocycles. The van der Waals surface area contributed by atoms with Crippen LogP contribution in [0.5, 0.6) is 0 Å². The zero-order valence-corrected chi connectivity index (χ0v) is 13.8. The second-order valence-electron chi connectivity index (χ2n) is 6.83. The number of Topliss-reactive ketones (excluding diaryl/α,β-unsaturated/α-hetero) is 2. The highest BCUT2D eigenvalue weighted by Crippen LogP contribution is 2.42. The summed E-state index contributed by atoms with van der Waals surface area (Å²) in [5, 5.41) is 0. The van der Waals surface area contributed by atoms with Gasteiger partial charge in [0.1, 0.15) is 0 Å². The minimum Gasteiger partial charge on any atom is -0.294 e. The minimum absolute atomic E-state index is 0.0717. The molecule has 2 rings (SSSR count). The lowest BCUT2D eigenvalue weighted by Crippen LogP contribution is -2.26. The van der Waals surface area contributed by atoms with Crippen molar-refractivity contribution in [1.29, 1.82) is 0 Å². The molecule has 0 heterocycles. The van der Waals surface area contributed by atoms with E-state index in [1.807, 2.05) is 39.8 Å². The van der Waals surface area contributed by atoms with Gasteiger partial charge >= 0.3 is 0 Å². The first-order chi connectivity index (χ1) is 9.64. The van der Waals surface area contributed by atoms with Gasteiger partial charge in [-0.2, -0.15) is 0 Å². The summed E-state index contributed by atoms with van der Waals surface area (Å²) in [5.74, 6) is 0.250. The molecular formula is C19H24O2. The molecule has 2 unspecified atom stereocenters.